The minimum Gasteiger partial charge on any atom is -0.477 e. The van der Waals surface area contributed by atoms with E-state index in [4.69, 9.17) is 4.74 Å². The molecule has 0 fully saturated rings. The molecule has 0 aliphatic heterocycles. The number of carbonyl (C=O) groups excluding carboxylic acids is 1. The number of halogens is 2. The predicted octanol–water partition coefficient (Wildman–Crippen LogP) is 3.80. The zero-order valence-corrected chi connectivity index (χ0v) is 17.1. The molecule has 0 aliphatic carbocycles. The second kappa shape index (κ2) is 11.6. The maximum atomic E-state index is 12.2. The van der Waals surface area contributed by atoms with Gasteiger partial charge in [0.1, 0.15) is 11.6 Å². The van der Waals surface area contributed by atoms with Crippen LogP contribution in [-0.4, -0.2) is 46.5 Å². The Kier molecular flexibility index (Phi) is 8.86. The van der Waals surface area contributed by atoms with E-state index < -0.39 is 6.61 Å². The second-order valence-corrected chi connectivity index (χ2v) is 6.28. The molecule has 7 nitrogen and oxygen atoms in total. The first-order valence-electron chi connectivity index (χ1n) is 9.31. The van der Waals surface area contributed by atoms with Crippen LogP contribution < -0.4 is 9.47 Å². The van der Waals surface area contributed by atoms with Gasteiger partial charge in [-0.05, 0) is 50.5 Å². The summed E-state index contributed by atoms with van der Waals surface area (Å²) < 4.78 is 34.5. The van der Waals surface area contributed by atoms with Gasteiger partial charge in [-0.2, -0.15) is 13.8 Å². The van der Waals surface area contributed by atoms with Crippen LogP contribution in [0.5, 0.6) is 11.6 Å². The molecule has 0 aliphatic rings. The molecule has 160 valence electrons. The topological polar surface area (TPSA) is 77.4 Å². The first-order valence-corrected chi connectivity index (χ1v) is 9.31. The molecule has 0 unspecified atom stereocenters. The fourth-order valence-electron chi connectivity index (χ4n) is 2.49. The SMILES string of the molecule is C/C=C(\C=C/N(C)C=O)c1cnc(C)nc1OCCCc1ccc(OC(F)F)cn1. The third-order valence-electron chi connectivity index (χ3n) is 3.99. The molecule has 0 aromatic carbocycles. The van der Waals surface area contributed by atoms with Crippen LogP contribution >= 0.6 is 0 Å². The molecule has 2 aromatic rings. The molecular formula is C21H24F2N4O3. The molecule has 2 aromatic heterocycles. The standard InChI is InChI=1S/C21H24F2N4O3/c1-4-16(9-10-27(3)14-28)19-13-24-15(2)26-20(19)29-11-5-6-17-7-8-18(12-25-17)30-21(22)23/h4,7-10,12-14,21H,5-6,11H2,1-3H3/b10-9-,16-4+. The summed E-state index contributed by atoms with van der Waals surface area (Å²) in [6.45, 7) is 1.16. The molecule has 0 N–H and O–H groups in total. The third-order valence-corrected chi connectivity index (χ3v) is 3.99. The Balaban J connectivity index is 1.98. The number of rotatable bonds is 11. The number of aromatic nitrogens is 3. The van der Waals surface area contributed by atoms with Crippen LogP contribution in [0.4, 0.5) is 8.78 Å². The number of aryl methyl sites for hydroxylation is 2. The number of nitrogens with zero attached hydrogens (tertiary/aromatic N) is 4. The molecule has 1 amide bonds. The normalized spacial score (nSPS) is 11.7. The van der Waals surface area contributed by atoms with Crippen molar-refractivity contribution < 1.29 is 23.0 Å². The van der Waals surface area contributed by atoms with Crippen molar-refractivity contribution in [3.05, 3.63) is 60.0 Å². The lowest BCUT2D eigenvalue weighted by Gasteiger charge is -2.12. The molecule has 2 heterocycles. The van der Waals surface area contributed by atoms with Crippen LogP contribution in [0.2, 0.25) is 0 Å². The van der Waals surface area contributed by atoms with Crippen molar-refractivity contribution in [3.8, 4) is 11.6 Å². The molecule has 0 atom stereocenters. The van der Waals surface area contributed by atoms with Crippen molar-refractivity contribution in [3.63, 3.8) is 0 Å². The zero-order valence-electron chi connectivity index (χ0n) is 17.1. The molecule has 0 radical (unpaired) electrons. The molecule has 30 heavy (non-hydrogen) atoms. The van der Waals surface area contributed by atoms with E-state index in [1.54, 1.807) is 38.5 Å². The van der Waals surface area contributed by atoms with Gasteiger partial charge in [-0.3, -0.25) is 9.78 Å². The van der Waals surface area contributed by atoms with E-state index in [2.05, 4.69) is 19.7 Å². The van der Waals surface area contributed by atoms with Gasteiger partial charge < -0.3 is 14.4 Å². The van der Waals surface area contributed by atoms with Gasteiger partial charge in [0, 0.05) is 25.1 Å². The number of alkyl halides is 2. The fourth-order valence-corrected chi connectivity index (χ4v) is 2.49. The van der Waals surface area contributed by atoms with Crippen LogP contribution in [-0.2, 0) is 11.2 Å². The molecule has 0 saturated heterocycles. The van der Waals surface area contributed by atoms with Crippen molar-refractivity contribution in [2.24, 2.45) is 0 Å². The lowest BCUT2D eigenvalue weighted by molar-refractivity contribution is -0.114. The summed E-state index contributed by atoms with van der Waals surface area (Å²) in [4.78, 5) is 24.9. The summed E-state index contributed by atoms with van der Waals surface area (Å²) in [6.07, 6.45) is 10.2. The number of ether oxygens (including phenoxy) is 2. The van der Waals surface area contributed by atoms with Gasteiger partial charge in [0.25, 0.3) is 0 Å². The van der Waals surface area contributed by atoms with E-state index in [9.17, 15) is 13.6 Å². The van der Waals surface area contributed by atoms with Crippen LogP contribution in [0.1, 0.15) is 30.4 Å². The summed E-state index contributed by atoms with van der Waals surface area (Å²) >= 11 is 0. The quantitative estimate of drug-likeness (QED) is 0.314. The summed E-state index contributed by atoms with van der Waals surface area (Å²) in [5, 5.41) is 0. The van der Waals surface area contributed by atoms with Crippen molar-refractivity contribution in [1.82, 2.24) is 19.9 Å². The lowest BCUT2D eigenvalue weighted by atomic mass is 10.1. The van der Waals surface area contributed by atoms with Gasteiger partial charge in [-0.1, -0.05) is 6.08 Å². The first kappa shape index (κ1) is 22.9. The van der Waals surface area contributed by atoms with Crippen molar-refractivity contribution >= 4 is 12.0 Å². The second-order valence-electron chi connectivity index (χ2n) is 6.28. The van der Waals surface area contributed by atoms with E-state index in [0.717, 1.165) is 11.3 Å². The van der Waals surface area contributed by atoms with Gasteiger partial charge in [-0.25, -0.2) is 4.98 Å². The maximum absolute atomic E-state index is 12.2. The first-order chi connectivity index (χ1) is 14.4. The smallest absolute Gasteiger partial charge is 0.387 e. The Morgan fingerprint density at radius 3 is 2.70 bits per heavy atom. The number of amides is 1. The number of allylic oxidation sites excluding steroid dienone is 3. The minimum atomic E-state index is -2.87. The van der Waals surface area contributed by atoms with Crippen molar-refractivity contribution in [2.75, 3.05) is 13.7 Å². The van der Waals surface area contributed by atoms with Crippen LogP contribution in [0.3, 0.4) is 0 Å². The Labute approximate surface area is 174 Å². The van der Waals surface area contributed by atoms with Gasteiger partial charge >= 0.3 is 6.61 Å². The van der Waals surface area contributed by atoms with Crippen LogP contribution in [0, 0.1) is 6.92 Å². The maximum Gasteiger partial charge on any atom is 0.387 e. The molecule has 0 spiro atoms. The summed E-state index contributed by atoms with van der Waals surface area (Å²) in [7, 11) is 1.64. The zero-order chi connectivity index (χ0) is 21.9. The van der Waals surface area contributed by atoms with Crippen LogP contribution in [0.15, 0.2) is 42.9 Å². The van der Waals surface area contributed by atoms with Gasteiger partial charge in [0.2, 0.25) is 12.3 Å². The Morgan fingerprint density at radius 1 is 1.27 bits per heavy atom. The Bertz CT molecular complexity index is 886. The van der Waals surface area contributed by atoms with E-state index in [1.165, 1.54) is 17.2 Å². The lowest BCUT2D eigenvalue weighted by Crippen LogP contribution is -2.07. The van der Waals surface area contributed by atoms with E-state index in [-0.39, 0.29) is 5.75 Å². The molecule has 2 rings (SSSR count). The van der Waals surface area contributed by atoms with Gasteiger partial charge in [-0.15, -0.1) is 0 Å². The number of carbonyl (C=O) groups is 1. The highest BCUT2D eigenvalue weighted by atomic mass is 19.3. The molecule has 0 bridgehead atoms. The molecular weight excluding hydrogens is 394 g/mol. The van der Waals surface area contributed by atoms with E-state index in [1.807, 2.05) is 13.0 Å². The third kappa shape index (κ3) is 7.23. The largest absolute Gasteiger partial charge is 0.477 e. The molecule has 9 heteroatoms. The fraction of sp³-hybridized carbons (Fsp3) is 0.333. The van der Waals surface area contributed by atoms with Crippen molar-refractivity contribution in [2.45, 2.75) is 33.3 Å². The average Bonchev–Trinajstić information content (AvgIpc) is 2.73. The number of hydrogen-bond donors (Lipinski definition) is 0. The summed E-state index contributed by atoms with van der Waals surface area (Å²) in [5.74, 6) is 1.05. The highest BCUT2D eigenvalue weighted by Crippen LogP contribution is 2.25. The Hall–Kier alpha value is -3.36. The highest BCUT2D eigenvalue weighted by Gasteiger charge is 2.11. The van der Waals surface area contributed by atoms with Crippen LogP contribution in [0.25, 0.3) is 5.57 Å². The number of hydrogen-bond acceptors (Lipinski definition) is 6. The predicted molar refractivity (Wildman–Crippen MR) is 108 cm³/mol. The van der Waals surface area contributed by atoms with Gasteiger partial charge in [0.05, 0.1) is 18.4 Å². The number of pyridine rings is 1. The monoisotopic (exact) mass is 418 g/mol. The van der Waals surface area contributed by atoms with E-state index in [0.29, 0.717) is 43.1 Å². The van der Waals surface area contributed by atoms with Gasteiger partial charge in [0.15, 0.2) is 0 Å². The molecule has 0 saturated carbocycles. The minimum absolute atomic E-state index is 0.0262. The highest BCUT2D eigenvalue weighted by molar-refractivity contribution is 5.76. The summed E-state index contributed by atoms with van der Waals surface area (Å²) in [5.41, 5.74) is 2.27. The Morgan fingerprint density at radius 2 is 2.07 bits per heavy atom. The van der Waals surface area contributed by atoms with Crippen molar-refractivity contribution in [1.29, 1.82) is 0 Å². The van der Waals surface area contributed by atoms with E-state index >= 15 is 0 Å². The average molecular weight is 418 g/mol. The summed E-state index contributed by atoms with van der Waals surface area (Å²) in [6, 6.07) is 3.10.